The minimum atomic E-state index is 0.0358. The first-order valence-electron chi connectivity index (χ1n) is 5.04. The molecule has 0 spiro atoms. The lowest BCUT2D eigenvalue weighted by molar-refractivity contribution is 0.589. The number of para-hydroxylation sites is 1. The second-order valence-corrected chi connectivity index (χ2v) is 5.13. The molecule has 0 amide bonds. The van der Waals surface area contributed by atoms with E-state index in [9.17, 15) is 0 Å². The summed E-state index contributed by atoms with van der Waals surface area (Å²) >= 11 is 6.39. The SMILES string of the molecule is CC(C)(C)c1cnc2ccccc2c1Cl. The van der Waals surface area contributed by atoms with E-state index < -0.39 is 0 Å². The molecular formula is C13H14ClN. The van der Waals surface area contributed by atoms with E-state index in [4.69, 9.17) is 11.6 Å². The molecule has 1 nitrogen and oxygen atoms in total. The Labute approximate surface area is 95.1 Å². The highest BCUT2D eigenvalue weighted by Crippen LogP contribution is 2.33. The van der Waals surface area contributed by atoms with Crippen LogP contribution in [0.15, 0.2) is 30.5 Å². The summed E-state index contributed by atoms with van der Waals surface area (Å²) in [4.78, 5) is 4.42. The first-order valence-corrected chi connectivity index (χ1v) is 5.41. The van der Waals surface area contributed by atoms with Crippen molar-refractivity contribution in [3.63, 3.8) is 0 Å². The van der Waals surface area contributed by atoms with Gasteiger partial charge in [0.1, 0.15) is 0 Å². The molecule has 15 heavy (non-hydrogen) atoms. The van der Waals surface area contributed by atoms with E-state index in [0.29, 0.717) is 0 Å². The summed E-state index contributed by atoms with van der Waals surface area (Å²) in [7, 11) is 0. The van der Waals surface area contributed by atoms with Gasteiger partial charge < -0.3 is 0 Å². The highest BCUT2D eigenvalue weighted by molar-refractivity contribution is 6.36. The molecule has 0 saturated carbocycles. The number of hydrogen-bond acceptors (Lipinski definition) is 1. The van der Waals surface area contributed by atoms with E-state index in [2.05, 4.69) is 25.8 Å². The van der Waals surface area contributed by atoms with Crippen LogP contribution in [-0.2, 0) is 5.41 Å². The van der Waals surface area contributed by atoms with Crippen LogP contribution in [0.1, 0.15) is 26.3 Å². The molecule has 1 aromatic carbocycles. The van der Waals surface area contributed by atoms with Gasteiger partial charge in [0.15, 0.2) is 0 Å². The van der Waals surface area contributed by atoms with Gasteiger partial charge in [-0.2, -0.15) is 0 Å². The second-order valence-electron chi connectivity index (χ2n) is 4.75. The van der Waals surface area contributed by atoms with Gasteiger partial charge in [0.25, 0.3) is 0 Å². The van der Waals surface area contributed by atoms with E-state index in [-0.39, 0.29) is 5.41 Å². The van der Waals surface area contributed by atoms with Crippen LogP contribution in [-0.4, -0.2) is 4.98 Å². The lowest BCUT2D eigenvalue weighted by atomic mass is 9.87. The van der Waals surface area contributed by atoms with Gasteiger partial charge in [-0.3, -0.25) is 4.98 Å². The van der Waals surface area contributed by atoms with Crippen molar-refractivity contribution in [1.82, 2.24) is 4.98 Å². The van der Waals surface area contributed by atoms with Crippen LogP contribution in [0.25, 0.3) is 10.9 Å². The van der Waals surface area contributed by atoms with Crippen LogP contribution in [0.3, 0.4) is 0 Å². The van der Waals surface area contributed by atoms with Gasteiger partial charge in [0.05, 0.1) is 10.5 Å². The van der Waals surface area contributed by atoms with Crippen LogP contribution in [0.5, 0.6) is 0 Å². The average molecular weight is 220 g/mol. The molecular weight excluding hydrogens is 206 g/mol. The molecule has 0 atom stereocenters. The molecule has 78 valence electrons. The van der Waals surface area contributed by atoms with Gasteiger partial charge in [-0.15, -0.1) is 0 Å². The van der Waals surface area contributed by atoms with Crippen molar-refractivity contribution in [1.29, 1.82) is 0 Å². The Morgan fingerprint density at radius 3 is 2.47 bits per heavy atom. The van der Waals surface area contributed by atoms with E-state index >= 15 is 0 Å². The minimum Gasteiger partial charge on any atom is -0.256 e. The number of fused-ring (bicyclic) bond motifs is 1. The van der Waals surface area contributed by atoms with Gasteiger partial charge in [-0.25, -0.2) is 0 Å². The zero-order valence-corrected chi connectivity index (χ0v) is 9.97. The number of nitrogens with zero attached hydrogens (tertiary/aromatic N) is 1. The van der Waals surface area contributed by atoms with E-state index in [1.165, 1.54) is 0 Å². The lowest BCUT2D eigenvalue weighted by Crippen LogP contribution is -2.12. The molecule has 2 rings (SSSR count). The maximum atomic E-state index is 6.39. The smallest absolute Gasteiger partial charge is 0.0717 e. The number of hydrogen-bond donors (Lipinski definition) is 0. The molecule has 1 heterocycles. The normalized spacial score (nSPS) is 12.0. The highest BCUT2D eigenvalue weighted by atomic mass is 35.5. The first kappa shape index (κ1) is 10.4. The molecule has 0 radical (unpaired) electrons. The van der Waals surface area contributed by atoms with Crippen molar-refractivity contribution in [2.24, 2.45) is 0 Å². The molecule has 0 fully saturated rings. The molecule has 0 saturated heterocycles. The standard InChI is InChI=1S/C13H14ClN/c1-13(2,3)10-8-15-11-7-5-4-6-9(11)12(10)14/h4-8H,1-3H3. The fourth-order valence-corrected chi connectivity index (χ4v) is 2.12. The molecule has 0 aliphatic rings. The zero-order chi connectivity index (χ0) is 11.1. The Bertz CT molecular complexity index is 497. The Kier molecular flexibility index (Phi) is 2.43. The number of halogens is 1. The summed E-state index contributed by atoms with van der Waals surface area (Å²) in [6.45, 7) is 6.43. The van der Waals surface area contributed by atoms with Crippen LogP contribution in [0.2, 0.25) is 5.02 Å². The number of pyridine rings is 1. The number of aromatic nitrogens is 1. The Morgan fingerprint density at radius 1 is 1.13 bits per heavy atom. The summed E-state index contributed by atoms with van der Waals surface area (Å²) in [6.07, 6.45) is 1.88. The van der Waals surface area contributed by atoms with E-state index in [0.717, 1.165) is 21.5 Å². The van der Waals surface area contributed by atoms with Crippen molar-refractivity contribution in [2.45, 2.75) is 26.2 Å². The Hall–Kier alpha value is -1.08. The first-order chi connectivity index (χ1) is 7.00. The number of rotatable bonds is 0. The lowest BCUT2D eigenvalue weighted by Gasteiger charge is -2.20. The fourth-order valence-electron chi connectivity index (χ4n) is 1.63. The van der Waals surface area contributed by atoms with Crippen molar-refractivity contribution < 1.29 is 0 Å². The van der Waals surface area contributed by atoms with Crippen LogP contribution in [0.4, 0.5) is 0 Å². The predicted octanol–water partition coefficient (Wildman–Crippen LogP) is 4.19. The molecule has 0 unspecified atom stereocenters. The monoisotopic (exact) mass is 219 g/mol. The molecule has 2 heteroatoms. The van der Waals surface area contributed by atoms with Gasteiger partial charge >= 0.3 is 0 Å². The third-order valence-corrected chi connectivity index (χ3v) is 2.92. The van der Waals surface area contributed by atoms with Gasteiger partial charge in [-0.1, -0.05) is 50.6 Å². The second kappa shape index (κ2) is 3.49. The van der Waals surface area contributed by atoms with E-state index in [1.807, 2.05) is 30.5 Å². The molecule has 0 bridgehead atoms. The van der Waals surface area contributed by atoms with Gasteiger partial charge in [-0.05, 0) is 17.0 Å². The summed E-state index contributed by atoms with van der Waals surface area (Å²) < 4.78 is 0. The molecule has 2 aromatic rings. The van der Waals surface area contributed by atoms with Crippen molar-refractivity contribution in [3.05, 3.63) is 41.0 Å². The minimum absolute atomic E-state index is 0.0358. The Morgan fingerprint density at radius 2 is 1.80 bits per heavy atom. The van der Waals surface area contributed by atoms with Crippen LogP contribution < -0.4 is 0 Å². The summed E-state index contributed by atoms with van der Waals surface area (Å²) in [6, 6.07) is 7.96. The van der Waals surface area contributed by atoms with Crippen molar-refractivity contribution >= 4 is 22.5 Å². The molecule has 0 aliphatic heterocycles. The highest BCUT2D eigenvalue weighted by Gasteiger charge is 2.19. The third kappa shape index (κ3) is 1.84. The molecule has 1 aromatic heterocycles. The van der Waals surface area contributed by atoms with Gasteiger partial charge in [0.2, 0.25) is 0 Å². The zero-order valence-electron chi connectivity index (χ0n) is 9.21. The van der Waals surface area contributed by atoms with E-state index in [1.54, 1.807) is 0 Å². The average Bonchev–Trinajstić information content (AvgIpc) is 2.16. The quantitative estimate of drug-likeness (QED) is 0.648. The number of benzene rings is 1. The maximum absolute atomic E-state index is 6.39. The van der Waals surface area contributed by atoms with Gasteiger partial charge in [0, 0.05) is 11.6 Å². The van der Waals surface area contributed by atoms with Crippen molar-refractivity contribution in [2.75, 3.05) is 0 Å². The summed E-state index contributed by atoms with van der Waals surface area (Å²) in [5.74, 6) is 0. The van der Waals surface area contributed by atoms with Crippen LogP contribution >= 0.6 is 11.6 Å². The van der Waals surface area contributed by atoms with Crippen LogP contribution in [0, 0.1) is 0 Å². The molecule has 0 aliphatic carbocycles. The predicted molar refractivity (Wildman–Crippen MR) is 65.5 cm³/mol. The largest absolute Gasteiger partial charge is 0.256 e. The molecule has 0 N–H and O–H groups in total. The summed E-state index contributed by atoms with van der Waals surface area (Å²) in [5.41, 5.74) is 2.09. The maximum Gasteiger partial charge on any atom is 0.0717 e. The fraction of sp³-hybridized carbons (Fsp3) is 0.308. The topological polar surface area (TPSA) is 12.9 Å². The summed E-state index contributed by atoms with van der Waals surface area (Å²) in [5, 5.41) is 1.86. The van der Waals surface area contributed by atoms with Crippen molar-refractivity contribution in [3.8, 4) is 0 Å². The Balaban J connectivity index is 2.76. The third-order valence-electron chi connectivity index (χ3n) is 2.52.